The van der Waals surface area contributed by atoms with Crippen molar-refractivity contribution in [1.82, 2.24) is 5.32 Å². The van der Waals surface area contributed by atoms with E-state index in [1.165, 1.54) is 0 Å². The summed E-state index contributed by atoms with van der Waals surface area (Å²) >= 11 is 5.92. The van der Waals surface area contributed by atoms with Crippen LogP contribution in [0.5, 0.6) is 0 Å². The topological polar surface area (TPSA) is 58.4 Å². The molecular weight excluding hydrogens is 250 g/mol. The summed E-state index contributed by atoms with van der Waals surface area (Å²) in [6, 6.07) is 5.65. The van der Waals surface area contributed by atoms with Gasteiger partial charge >= 0.3 is 0 Å². The number of halogens is 1. The van der Waals surface area contributed by atoms with Gasteiger partial charge < -0.3 is 16.0 Å². The summed E-state index contributed by atoms with van der Waals surface area (Å²) in [5, 5.41) is 3.51. The molecule has 0 heterocycles. The van der Waals surface area contributed by atoms with Crippen molar-refractivity contribution in [2.24, 2.45) is 5.73 Å². The SMILES string of the molecule is CC(C)NC(=O)CN(C)c1ccc(Cl)cc1CN. The van der Waals surface area contributed by atoms with Crippen molar-refractivity contribution in [1.29, 1.82) is 0 Å². The number of nitrogens with zero attached hydrogens (tertiary/aromatic N) is 1. The van der Waals surface area contributed by atoms with E-state index in [0.29, 0.717) is 18.1 Å². The monoisotopic (exact) mass is 269 g/mol. The first-order valence-corrected chi connectivity index (χ1v) is 6.30. The van der Waals surface area contributed by atoms with Crippen LogP contribution in [0.3, 0.4) is 0 Å². The number of amides is 1. The molecule has 100 valence electrons. The lowest BCUT2D eigenvalue weighted by Crippen LogP contribution is -2.38. The van der Waals surface area contributed by atoms with Gasteiger partial charge in [0.2, 0.25) is 5.91 Å². The molecule has 1 aromatic rings. The largest absolute Gasteiger partial charge is 0.365 e. The van der Waals surface area contributed by atoms with E-state index >= 15 is 0 Å². The number of carbonyl (C=O) groups is 1. The molecule has 0 bridgehead atoms. The average molecular weight is 270 g/mol. The summed E-state index contributed by atoms with van der Waals surface area (Å²) in [4.78, 5) is 13.6. The van der Waals surface area contributed by atoms with Crippen LogP contribution < -0.4 is 16.0 Å². The molecular formula is C13H20ClN3O. The predicted molar refractivity (Wildman–Crippen MR) is 75.9 cm³/mol. The highest BCUT2D eigenvalue weighted by atomic mass is 35.5. The first-order chi connectivity index (χ1) is 8.43. The zero-order valence-corrected chi connectivity index (χ0v) is 11.8. The van der Waals surface area contributed by atoms with Crippen molar-refractivity contribution in [2.45, 2.75) is 26.4 Å². The van der Waals surface area contributed by atoms with E-state index in [9.17, 15) is 4.79 Å². The van der Waals surface area contributed by atoms with Crippen LogP contribution in [0.25, 0.3) is 0 Å². The molecule has 4 nitrogen and oxygen atoms in total. The number of carbonyl (C=O) groups excluding carboxylic acids is 1. The molecule has 0 fully saturated rings. The van der Waals surface area contributed by atoms with Gasteiger partial charge in [0.15, 0.2) is 0 Å². The number of nitrogens with one attached hydrogen (secondary N) is 1. The Morgan fingerprint density at radius 3 is 2.72 bits per heavy atom. The zero-order chi connectivity index (χ0) is 13.7. The molecule has 3 N–H and O–H groups in total. The summed E-state index contributed by atoms with van der Waals surface area (Å²) in [6.45, 7) is 4.57. The van der Waals surface area contributed by atoms with Crippen LogP contribution in [-0.2, 0) is 11.3 Å². The second kappa shape index (κ2) is 6.61. The van der Waals surface area contributed by atoms with E-state index in [1.807, 2.05) is 37.9 Å². The molecule has 5 heteroatoms. The van der Waals surface area contributed by atoms with Gasteiger partial charge in [-0.2, -0.15) is 0 Å². The number of hydrogen-bond acceptors (Lipinski definition) is 3. The minimum atomic E-state index is -0.00887. The van der Waals surface area contributed by atoms with E-state index in [2.05, 4.69) is 5.32 Å². The highest BCUT2D eigenvalue weighted by Crippen LogP contribution is 2.22. The number of nitrogens with two attached hydrogens (primary N) is 1. The maximum atomic E-state index is 11.7. The fourth-order valence-corrected chi connectivity index (χ4v) is 1.95. The molecule has 1 amide bonds. The van der Waals surface area contributed by atoms with Crippen molar-refractivity contribution in [2.75, 3.05) is 18.5 Å². The lowest BCUT2D eigenvalue weighted by Gasteiger charge is -2.22. The van der Waals surface area contributed by atoms with E-state index in [0.717, 1.165) is 11.3 Å². The molecule has 0 aliphatic carbocycles. The summed E-state index contributed by atoms with van der Waals surface area (Å²) in [5.41, 5.74) is 7.55. The van der Waals surface area contributed by atoms with E-state index in [1.54, 1.807) is 6.07 Å². The Bertz CT molecular complexity index is 421. The van der Waals surface area contributed by atoms with Gasteiger partial charge in [0.05, 0.1) is 6.54 Å². The number of likely N-dealkylation sites (N-methyl/N-ethyl adjacent to an activating group) is 1. The van der Waals surface area contributed by atoms with Crippen LogP contribution in [0.15, 0.2) is 18.2 Å². The summed E-state index contributed by atoms with van der Waals surface area (Å²) in [7, 11) is 1.86. The van der Waals surface area contributed by atoms with E-state index in [4.69, 9.17) is 17.3 Å². The third-order valence-corrected chi connectivity index (χ3v) is 2.74. The fraction of sp³-hybridized carbons (Fsp3) is 0.462. The third kappa shape index (κ3) is 4.20. The Hall–Kier alpha value is -1.26. The van der Waals surface area contributed by atoms with Gasteiger partial charge in [-0.1, -0.05) is 11.6 Å². The van der Waals surface area contributed by atoms with Crippen molar-refractivity contribution < 1.29 is 4.79 Å². The smallest absolute Gasteiger partial charge is 0.239 e. The van der Waals surface area contributed by atoms with Crippen LogP contribution in [0.2, 0.25) is 5.02 Å². The van der Waals surface area contributed by atoms with Crippen LogP contribution in [-0.4, -0.2) is 25.5 Å². The van der Waals surface area contributed by atoms with Crippen molar-refractivity contribution >= 4 is 23.2 Å². The number of rotatable bonds is 5. The Balaban J connectivity index is 2.77. The lowest BCUT2D eigenvalue weighted by molar-refractivity contribution is -0.120. The molecule has 0 atom stereocenters. The second-order valence-corrected chi connectivity index (χ2v) is 4.99. The van der Waals surface area contributed by atoms with E-state index in [-0.39, 0.29) is 11.9 Å². The maximum Gasteiger partial charge on any atom is 0.239 e. The summed E-state index contributed by atoms with van der Waals surface area (Å²) in [5.74, 6) is -0.00887. The zero-order valence-electron chi connectivity index (χ0n) is 11.0. The Morgan fingerprint density at radius 1 is 1.50 bits per heavy atom. The normalized spacial score (nSPS) is 10.6. The molecule has 0 saturated heterocycles. The molecule has 0 aromatic heterocycles. The van der Waals surface area contributed by atoms with Gasteiger partial charge in [0.1, 0.15) is 0 Å². The predicted octanol–water partition coefficient (Wildman–Crippen LogP) is 1.76. The van der Waals surface area contributed by atoms with Crippen LogP contribution >= 0.6 is 11.6 Å². The molecule has 1 aromatic carbocycles. The van der Waals surface area contributed by atoms with Gasteiger partial charge in [-0.3, -0.25) is 4.79 Å². The van der Waals surface area contributed by atoms with E-state index < -0.39 is 0 Å². The Kier molecular flexibility index (Phi) is 5.44. The van der Waals surface area contributed by atoms with Gasteiger partial charge in [-0.15, -0.1) is 0 Å². The molecule has 18 heavy (non-hydrogen) atoms. The first-order valence-electron chi connectivity index (χ1n) is 5.93. The lowest BCUT2D eigenvalue weighted by atomic mass is 10.1. The molecule has 1 rings (SSSR count). The molecule has 0 radical (unpaired) electrons. The second-order valence-electron chi connectivity index (χ2n) is 4.56. The van der Waals surface area contributed by atoms with Gasteiger partial charge in [0.25, 0.3) is 0 Å². The molecule has 0 unspecified atom stereocenters. The standard InChI is InChI=1S/C13H20ClN3O/c1-9(2)16-13(18)8-17(3)12-5-4-11(14)6-10(12)7-15/h4-6,9H,7-8,15H2,1-3H3,(H,16,18). The quantitative estimate of drug-likeness (QED) is 0.856. The summed E-state index contributed by atoms with van der Waals surface area (Å²) in [6.07, 6.45) is 0. The highest BCUT2D eigenvalue weighted by Gasteiger charge is 2.11. The number of anilines is 1. The Morgan fingerprint density at radius 2 is 2.17 bits per heavy atom. The highest BCUT2D eigenvalue weighted by molar-refractivity contribution is 6.30. The summed E-state index contributed by atoms with van der Waals surface area (Å²) < 4.78 is 0. The van der Waals surface area contributed by atoms with Crippen molar-refractivity contribution in [3.8, 4) is 0 Å². The fourth-order valence-electron chi connectivity index (χ4n) is 1.76. The van der Waals surface area contributed by atoms with Crippen LogP contribution in [0.4, 0.5) is 5.69 Å². The minimum Gasteiger partial charge on any atom is -0.365 e. The number of benzene rings is 1. The number of hydrogen-bond donors (Lipinski definition) is 2. The minimum absolute atomic E-state index is 0.00887. The van der Waals surface area contributed by atoms with Gasteiger partial charge in [-0.05, 0) is 37.6 Å². The first kappa shape index (κ1) is 14.8. The third-order valence-electron chi connectivity index (χ3n) is 2.50. The molecule has 0 saturated carbocycles. The van der Waals surface area contributed by atoms with Crippen molar-refractivity contribution in [3.05, 3.63) is 28.8 Å². The van der Waals surface area contributed by atoms with Crippen LogP contribution in [0, 0.1) is 0 Å². The molecule has 0 aliphatic rings. The van der Waals surface area contributed by atoms with Gasteiger partial charge in [-0.25, -0.2) is 0 Å². The van der Waals surface area contributed by atoms with Gasteiger partial charge in [0, 0.05) is 30.3 Å². The molecule has 0 spiro atoms. The molecule has 0 aliphatic heterocycles. The maximum absolute atomic E-state index is 11.7. The van der Waals surface area contributed by atoms with Crippen molar-refractivity contribution in [3.63, 3.8) is 0 Å². The average Bonchev–Trinajstić information content (AvgIpc) is 2.27. The van der Waals surface area contributed by atoms with Crippen LogP contribution in [0.1, 0.15) is 19.4 Å². The Labute approximate surface area is 113 Å².